The van der Waals surface area contributed by atoms with Gasteiger partial charge in [-0.05, 0) is 65.9 Å². The molecule has 0 aliphatic rings. The van der Waals surface area contributed by atoms with Gasteiger partial charge in [0.25, 0.3) is 5.91 Å². The molecule has 2 amide bonds. The summed E-state index contributed by atoms with van der Waals surface area (Å²) in [6.45, 7) is 4.33. The summed E-state index contributed by atoms with van der Waals surface area (Å²) in [5.74, 6) is -0.276. The first-order valence-electron chi connectivity index (χ1n) is 22.0. The number of nitriles is 1. The molecule has 0 bridgehead atoms. The first-order chi connectivity index (χ1) is 32.6. The van der Waals surface area contributed by atoms with Crippen LogP contribution in [-0.4, -0.2) is 37.5 Å². The smallest absolute Gasteiger partial charge is 0.407 e. The standard InChI is InChI=1S/C56H46N8O3/c1-56(2,67-55(66)62-35-37-18-20-41(21-19-37)51-43(38-14-8-4-9-15-38)30-45-48(63-51)26-28-59-50(45)33-57)32-47(58)40-22-24-42(25-23-40)52-44(39-16-10-5-11-17-39)31-46-49(64-52)27-29-60-53(46)54(65)61-34-36-12-6-3-7-13-36/h3-31,47H,32,34-35,58H2,1-2H3,(H,61,65)(H,62,66). The van der Waals surface area contributed by atoms with Crippen LogP contribution in [0.4, 0.5) is 4.79 Å². The van der Waals surface area contributed by atoms with Crippen LogP contribution in [0.15, 0.2) is 176 Å². The van der Waals surface area contributed by atoms with Gasteiger partial charge in [0, 0.05) is 71.0 Å². The fraction of sp³-hybridized carbons (Fsp3) is 0.125. The molecule has 0 spiro atoms. The van der Waals surface area contributed by atoms with E-state index in [2.05, 4.69) is 26.7 Å². The van der Waals surface area contributed by atoms with Gasteiger partial charge >= 0.3 is 6.09 Å². The molecule has 11 nitrogen and oxygen atoms in total. The lowest BCUT2D eigenvalue weighted by Crippen LogP contribution is -2.36. The molecule has 1 atom stereocenters. The summed E-state index contributed by atoms with van der Waals surface area (Å²) in [5.41, 5.74) is 17.6. The third-order valence-corrected chi connectivity index (χ3v) is 11.6. The van der Waals surface area contributed by atoms with Gasteiger partial charge in [-0.25, -0.2) is 19.7 Å². The molecule has 1 unspecified atom stereocenters. The Hall–Kier alpha value is -8.59. The Morgan fingerprint density at radius 1 is 0.627 bits per heavy atom. The average molecular weight is 879 g/mol. The predicted octanol–water partition coefficient (Wildman–Crippen LogP) is 11.1. The first-order valence-corrected chi connectivity index (χ1v) is 22.0. The van der Waals surface area contributed by atoms with Gasteiger partial charge in [0.15, 0.2) is 0 Å². The molecule has 4 aromatic heterocycles. The van der Waals surface area contributed by atoms with Crippen molar-refractivity contribution in [3.63, 3.8) is 0 Å². The number of ether oxygens (including phenoxy) is 1. The van der Waals surface area contributed by atoms with Crippen molar-refractivity contribution in [2.75, 3.05) is 0 Å². The van der Waals surface area contributed by atoms with Gasteiger partial charge in [-0.15, -0.1) is 0 Å². The third kappa shape index (κ3) is 9.90. The van der Waals surface area contributed by atoms with Crippen LogP contribution in [0.3, 0.4) is 0 Å². The Bertz CT molecular complexity index is 3270. The second-order valence-corrected chi connectivity index (χ2v) is 16.9. The molecule has 0 aliphatic carbocycles. The summed E-state index contributed by atoms with van der Waals surface area (Å²) >= 11 is 0. The summed E-state index contributed by atoms with van der Waals surface area (Å²) in [5, 5.41) is 16.9. The van der Waals surface area contributed by atoms with E-state index in [1.165, 1.54) is 0 Å². The normalized spacial score (nSPS) is 11.7. The minimum absolute atomic E-state index is 0.254. The maximum Gasteiger partial charge on any atom is 0.407 e. The summed E-state index contributed by atoms with van der Waals surface area (Å²) in [7, 11) is 0. The molecule has 0 radical (unpaired) electrons. The Labute approximate surface area is 388 Å². The zero-order valence-electron chi connectivity index (χ0n) is 37.0. The molecule has 9 aromatic rings. The van der Waals surface area contributed by atoms with E-state index < -0.39 is 17.7 Å². The molecule has 0 fully saturated rings. The van der Waals surface area contributed by atoms with Crippen LogP contribution < -0.4 is 16.4 Å². The number of pyridine rings is 4. The predicted molar refractivity (Wildman–Crippen MR) is 262 cm³/mol. The second kappa shape index (κ2) is 19.3. The number of benzene rings is 5. The van der Waals surface area contributed by atoms with Crippen LogP contribution in [0.25, 0.3) is 66.6 Å². The van der Waals surface area contributed by atoms with Crippen LogP contribution in [0.2, 0.25) is 0 Å². The number of alkyl carbamates (subject to hydrolysis) is 1. The molecule has 0 saturated carbocycles. The van der Waals surface area contributed by atoms with Crippen molar-refractivity contribution in [2.45, 2.75) is 45.0 Å². The third-order valence-electron chi connectivity index (χ3n) is 11.6. The summed E-state index contributed by atoms with van der Waals surface area (Å²) in [6, 6.07) is 54.8. The summed E-state index contributed by atoms with van der Waals surface area (Å²) < 4.78 is 5.92. The van der Waals surface area contributed by atoms with E-state index in [-0.39, 0.29) is 12.5 Å². The number of carbonyl (C=O) groups excluding carboxylic acids is 2. The number of hydrogen-bond donors (Lipinski definition) is 3. The van der Waals surface area contributed by atoms with E-state index >= 15 is 0 Å². The van der Waals surface area contributed by atoms with Gasteiger partial charge in [0.05, 0.1) is 22.4 Å². The van der Waals surface area contributed by atoms with Crippen molar-refractivity contribution in [1.29, 1.82) is 5.26 Å². The Balaban J connectivity index is 0.861. The fourth-order valence-electron chi connectivity index (χ4n) is 8.26. The van der Waals surface area contributed by atoms with Gasteiger partial charge in [0.1, 0.15) is 23.1 Å². The minimum Gasteiger partial charge on any atom is -0.443 e. The van der Waals surface area contributed by atoms with Crippen molar-refractivity contribution >= 4 is 33.8 Å². The molecular weight excluding hydrogens is 833 g/mol. The average Bonchev–Trinajstić information content (AvgIpc) is 3.37. The van der Waals surface area contributed by atoms with Crippen molar-refractivity contribution in [1.82, 2.24) is 30.6 Å². The van der Waals surface area contributed by atoms with E-state index in [0.29, 0.717) is 46.2 Å². The van der Waals surface area contributed by atoms with Crippen molar-refractivity contribution in [2.24, 2.45) is 5.73 Å². The van der Waals surface area contributed by atoms with E-state index in [1.807, 2.05) is 172 Å². The molecule has 328 valence electrons. The maximum atomic E-state index is 13.5. The van der Waals surface area contributed by atoms with Gasteiger partial charge in [-0.1, -0.05) is 140 Å². The topological polar surface area (TPSA) is 169 Å². The number of hydrogen-bond acceptors (Lipinski definition) is 9. The Morgan fingerprint density at radius 2 is 1.13 bits per heavy atom. The molecule has 11 heteroatoms. The van der Waals surface area contributed by atoms with Gasteiger partial charge in [-0.2, -0.15) is 5.26 Å². The Kier molecular flexibility index (Phi) is 12.5. The lowest BCUT2D eigenvalue weighted by atomic mass is 9.92. The number of rotatable bonds is 13. The number of amides is 2. The van der Waals surface area contributed by atoms with Crippen LogP contribution in [-0.2, 0) is 17.8 Å². The molecule has 0 saturated heterocycles. The highest BCUT2D eigenvalue weighted by molar-refractivity contribution is 6.06. The molecule has 5 aromatic carbocycles. The largest absolute Gasteiger partial charge is 0.443 e. The van der Waals surface area contributed by atoms with Crippen LogP contribution in [0.1, 0.15) is 59.2 Å². The number of nitrogens with zero attached hydrogens (tertiary/aromatic N) is 5. The fourth-order valence-corrected chi connectivity index (χ4v) is 8.26. The summed E-state index contributed by atoms with van der Waals surface area (Å²) in [6.07, 6.45) is 3.03. The molecular formula is C56H46N8O3. The van der Waals surface area contributed by atoms with Crippen LogP contribution in [0, 0.1) is 11.3 Å². The van der Waals surface area contributed by atoms with Crippen molar-refractivity contribution < 1.29 is 14.3 Å². The zero-order chi connectivity index (χ0) is 46.3. The molecule has 4 heterocycles. The van der Waals surface area contributed by atoms with Crippen LogP contribution in [0.5, 0.6) is 0 Å². The first kappa shape index (κ1) is 43.7. The lowest BCUT2D eigenvalue weighted by molar-refractivity contribution is 0.0276. The zero-order valence-corrected chi connectivity index (χ0v) is 37.0. The summed E-state index contributed by atoms with van der Waals surface area (Å²) in [4.78, 5) is 45.4. The second-order valence-electron chi connectivity index (χ2n) is 16.9. The molecule has 67 heavy (non-hydrogen) atoms. The maximum absolute atomic E-state index is 13.5. The molecule has 0 aliphatic heterocycles. The SMILES string of the molecule is CC(C)(CC(N)c1ccc(-c2nc3ccnc(C(=O)NCc4ccccc4)c3cc2-c2ccccc2)cc1)OC(=O)NCc1ccc(-c2nc3ccnc(C#N)c3cc2-c2ccccc2)cc1. The molecule has 4 N–H and O–H groups in total. The lowest BCUT2D eigenvalue weighted by Gasteiger charge is -2.28. The van der Waals surface area contributed by atoms with E-state index in [1.54, 1.807) is 18.5 Å². The van der Waals surface area contributed by atoms with E-state index in [9.17, 15) is 14.9 Å². The van der Waals surface area contributed by atoms with Gasteiger partial charge in [-0.3, -0.25) is 9.78 Å². The number of nitrogens with two attached hydrogens (primary N) is 1. The quantitative estimate of drug-likeness (QED) is 0.102. The number of aromatic nitrogens is 4. The number of nitrogens with one attached hydrogen (secondary N) is 2. The monoisotopic (exact) mass is 878 g/mol. The highest BCUT2D eigenvalue weighted by atomic mass is 16.6. The highest BCUT2D eigenvalue weighted by Crippen LogP contribution is 2.37. The molecule has 9 rings (SSSR count). The van der Waals surface area contributed by atoms with Crippen LogP contribution >= 0.6 is 0 Å². The number of fused-ring (bicyclic) bond motifs is 2. The van der Waals surface area contributed by atoms with E-state index in [4.69, 9.17) is 20.4 Å². The van der Waals surface area contributed by atoms with Crippen molar-refractivity contribution in [3.8, 4) is 50.8 Å². The van der Waals surface area contributed by atoms with Crippen molar-refractivity contribution in [3.05, 3.63) is 204 Å². The minimum atomic E-state index is -0.887. The Morgan fingerprint density at radius 3 is 1.73 bits per heavy atom. The van der Waals surface area contributed by atoms with Gasteiger partial charge in [0.2, 0.25) is 0 Å². The highest BCUT2D eigenvalue weighted by Gasteiger charge is 2.27. The van der Waals surface area contributed by atoms with Gasteiger partial charge < -0.3 is 21.1 Å². The van der Waals surface area contributed by atoms with E-state index in [0.717, 1.165) is 61.5 Å². The number of carbonyl (C=O) groups is 2.